The third kappa shape index (κ3) is 3.13. The van der Waals surface area contributed by atoms with E-state index in [1.165, 1.54) is 18.9 Å². The molecule has 0 spiro atoms. The second kappa shape index (κ2) is 6.10. The fourth-order valence-corrected chi connectivity index (χ4v) is 2.80. The molecule has 2 heterocycles. The molecule has 1 unspecified atom stereocenters. The van der Waals surface area contributed by atoms with Crippen LogP contribution in [0.15, 0.2) is 35.1 Å². The monoisotopic (exact) mass is 285 g/mol. The first-order valence-electron chi connectivity index (χ1n) is 7.38. The summed E-state index contributed by atoms with van der Waals surface area (Å²) >= 11 is 0. The number of carbonyl (C=O) groups is 1. The van der Waals surface area contributed by atoms with Gasteiger partial charge >= 0.3 is 0 Å². The summed E-state index contributed by atoms with van der Waals surface area (Å²) in [6, 6.07) is 9.05. The van der Waals surface area contributed by atoms with Crippen LogP contribution in [0.25, 0.3) is 10.9 Å². The Balaban J connectivity index is 1.79. The van der Waals surface area contributed by atoms with Crippen molar-refractivity contribution in [2.75, 3.05) is 13.1 Å². The van der Waals surface area contributed by atoms with Gasteiger partial charge < -0.3 is 15.6 Å². The number of pyridine rings is 1. The van der Waals surface area contributed by atoms with Crippen LogP contribution < -0.4 is 16.2 Å². The van der Waals surface area contributed by atoms with Gasteiger partial charge in [0.25, 0.3) is 5.91 Å². The smallest absolute Gasteiger partial charge is 0.252 e. The van der Waals surface area contributed by atoms with E-state index in [9.17, 15) is 9.59 Å². The van der Waals surface area contributed by atoms with Gasteiger partial charge in [-0.05, 0) is 25.5 Å². The standard InChI is InChI=1S/C16H19N3O2/c20-15-9-13(12-6-1-2-7-14(12)19-15)16(21)18-10-11-5-3-4-8-17-11/h1-2,6-7,9,11,17H,3-5,8,10H2,(H,18,21)(H,19,20). The van der Waals surface area contributed by atoms with Gasteiger partial charge in [-0.2, -0.15) is 0 Å². The van der Waals surface area contributed by atoms with Gasteiger partial charge in [-0.25, -0.2) is 0 Å². The first-order valence-corrected chi connectivity index (χ1v) is 7.38. The summed E-state index contributed by atoms with van der Waals surface area (Å²) in [7, 11) is 0. The lowest BCUT2D eigenvalue weighted by Crippen LogP contribution is -2.43. The summed E-state index contributed by atoms with van der Waals surface area (Å²) in [5, 5.41) is 7.10. The predicted molar refractivity (Wildman–Crippen MR) is 82.5 cm³/mol. The normalized spacial score (nSPS) is 18.6. The zero-order valence-corrected chi connectivity index (χ0v) is 11.8. The molecule has 1 aromatic carbocycles. The first-order chi connectivity index (χ1) is 10.2. The van der Waals surface area contributed by atoms with Crippen molar-refractivity contribution in [2.45, 2.75) is 25.3 Å². The van der Waals surface area contributed by atoms with Crippen molar-refractivity contribution in [1.82, 2.24) is 15.6 Å². The number of aromatic amines is 1. The Morgan fingerprint density at radius 3 is 2.95 bits per heavy atom. The van der Waals surface area contributed by atoms with Crippen molar-refractivity contribution in [3.63, 3.8) is 0 Å². The number of hydrogen-bond acceptors (Lipinski definition) is 3. The number of benzene rings is 1. The summed E-state index contributed by atoms with van der Waals surface area (Å²) < 4.78 is 0. The van der Waals surface area contributed by atoms with Crippen molar-refractivity contribution in [2.24, 2.45) is 0 Å². The minimum absolute atomic E-state index is 0.190. The van der Waals surface area contributed by atoms with Crippen molar-refractivity contribution in [3.8, 4) is 0 Å². The minimum Gasteiger partial charge on any atom is -0.350 e. The number of para-hydroxylation sites is 1. The fraction of sp³-hybridized carbons (Fsp3) is 0.375. The van der Waals surface area contributed by atoms with Gasteiger partial charge in [-0.3, -0.25) is 9.59 Å². The van der Waals surface area contributed by atoms with Gasteiger partial charge in [-0.15, -0.1) is 0 Å². The second-order valence-electron chi connectivity index (χ2n) is 5.45. The maximum Gasteiger partial charge on any atom is 0.252 e. The molecule has 1 aliphatic heterocycles. The van der Waals surface area contributed by atoms with Gasteiger partial charge in [0.15, 0.2) is 0 Å². The number of nitrogens with one attached hydrogen (secondary N) is 3. The maximum absolute atomic E-state index is 12.4. The summed E-state index contributed by atoms with van der Waals surface area (Å²) in [5.74, 6) is -0.190. The molecule has 0 aliphatic carbocycles. The lowest BCUT2D eigenvalue weighted by Gasteiger charge is -2.23. The first kappa shape index (κ1) is 13.8. The molecule has 0 radical (unpaired) electrons. The Kier molecular flexibility index (Phi) is 4.01. The molecule has 1 aromatic heterocycles. The van der Waals surface area contributed by atoms with Crippen LogP contribution in [0.5, 0.6) is 0 Å². The Labute approximate surface area is 122 Å². The SMILES string of the molecule is O=C(NCC1CCCCN1)c1cc(=O)[nH]c2ccccc12. The van der Waals surface area contributed by atoms with Crippen LogP contribution in [0.4, 0.5) is 0 Å². The number of aromatic nitrogens is 1. The van der Waals surface area contributed by atoms with Crippen LogP contribution in [0.3, 0.4) is 0 Å². The molecule has 2 aromatic rings. The van der Waals surface area contributed by atoms with Gasteiger partial charge in [0, 0.05) is 29.6 Å². The predicted octanol–water partition coefficient (Wildman–Crippen LogP) is 1.40. The zero-order valence-electron chi connectivity index (χ0n) is 11.8. The minimum atomic E-state index is -0.255. The van der Waals surface area contributed by atoms with Crippen LogP contribution in [-0.2, 0) is 0 Å². The molecule has 21 heavy (non-hydrogen) atoms. The third-order valence-corrected chi connectivity index (χ3v) is 3.92. The van der Waals surface area contributed by atoms with Crippen molar-refractivity contribution in [1.29, 1.82) is 0 Å². The summed E-state index contributed by atoms with van der Waals surface area (Å²) in [4.78, 5) is 26.8. The number of hydrogen-bond donors (Lipinski definition) is 3. The molecule has 0 saturated carbocycles. The van der Waals surface area contributed by atoms with Gasteiger partial charge in [-0.1, -0.05) is 24.6 Å². The molecular formula is C16H19N3O2. The molecule has 110 valence electrons. The summed E-state index contributed by atoms with van der Waals surface area (Å²) in [6.07, 6.45) is 3.47. The van der Waals surface area contributed by atoms with Crippen LogP contribution in [0.2, 0.25) is 0 Å². The van der Waals surface area contributed by atoms with Crippen molar-refractivity contribution >= 4 is 16.8 Å². The average molecular weight is 285 g/mol. The molecule has 1 aliphatic rings. The molecule has 1 amide bonds. The zero-order chi connectivity index (χ0) is 14.7. The molecule has 3 N–H and O–H groups in total. The molecule has 0 bridgehead atoms. The topological polar surface area (TPSA) is 74.0 Å². The molecule has 1 atom stereocenters. The Bertz CT molecular complexity index is 702. The molecule has 3 rings (SSSR count). The highest BCUT2D eigenvalue weighted by Gasteiger charge is 2.15. The molecule has 5 nitrogen and oxygen atoms in total. The van der Waals surface area contributed by atoms with Gasteiger partial charge in [0.2, 0.25) is 5.56 Å². The molecular weight excluding hydrogens is 266 g/mol. The number of carbonyl (C=O) groups excluding carboxylic acids is 1. The fourth-order valence-electron chi connectivity index (χ4n) is 2.80. The number of piperidine rings is 1. The van der Waals surface area contributed by atoms with E-state index in [2.05, 4.69) is 15.6 Å². The van der Waals surface area contributed by atoms with Crippen LogP contribution in [-0.4, -0.2) is 30.0 Å². The molecule has 1 fully saturated rings. The number of rotatable bonds is 3. The Morgan fingerprint density at radius 1 is 1.29 bits per heavy atom. The largest absolute Gasteiger partial charge is 0.350 e. The Morgan fingerprint density at radius 2 is 2.14 bits per heavy atom. The third-order valence-electron chi connectivity index (χ3n) is 3.92. The lowest BCUT2D eigenvalue weighted by atomic mass is 10.0. The highest BCUT2D eigenvalue weighted by atomic mass is 16.2. The van der Waals surface area contributed by atoms with E-state index in [0.717, 1.165) is 18.4 Å². The van der Waals surface area contributed by atoms with Crippen molar-refractivity contribution in [3.05, 3.63) is 46.2 Å². The van der Waals surface area contributed by atoms with E-state index < -0.39 is 0 Å². The number of fused-ring (bicyclic) bond motifs is 1. The van der Waals surface area contributed by atoms with Crippen LogP contribution in [0, 0.1) is 0 Å². The number of amides is 1. The molecule has 1 saturated heterocycles. The van der Waals surface area contributed by atoms with E-state index in [1.807, 2.05) is 18.2 Å². The lowest BCUT2D eigenvalue weighted by molar-refractivity contribution is 0.0949. The second-order valence-corrected chi connectivity index (χ2v) is 5.45. The van der Waals surface area contributed by atoms with Gasteiger partial charge in [0.1, 0.15) is 0 Å². The maximum atomic E-state index is 12.4. The number of H-pyrrole nitrogens is 1. The highest BCUT2D eigenvalue weighted by Crippen LogP contribution is 2.14. The summed E-state index contributed by atoms with van der Waals surface area (Å²) in [5.41, 5.74) is 0.866. The van der Waals surface area contributed by atoms with E-state index >= 15 is 0 Å². The van der Waals surface area contributed by atoms with Crippen LogP contribution >= 0.6 is 0 Å². The highest BCUT2D eigenvalue weighted by molar-refractivity contribution is 6.05. The van der Waals surface area contributed by atoms with Gasteiger partial charge in [0.05, 0.1) is 5.56 Å². The van der Waals surface area contributed by atoms with E-state index in [1.54, 1.807) is 6.07 Å². The quantitative estimate of drug-likeness (QED) is 0.798. The van der Waals surface area contributed by atoms with Crippen LogP contribution in [0.1, 0.15) is 29.6 Å². The van der Waals surface area contributed by atoms with E-state index in [-0.39, 0.29) is 11.5 Å². The Hall–Kier alpha value is -2.14. The van der Waals surface area contributed by atoms with E-state index in [4.69, 9.17) is 0 Å². The molecule has 5 heteroatoms. The van der Waals surface area contributed by atoms with E-state index in [0.29, 0.717) is 23.7 Å². The van der Waals surface area contributed by atoms with Crippen molar-refractivity contribution < 1.29 is 4.79 Å². The summed E-state index contributed by atoms with van der Waals surface area (Å²) in [6.45, 7) is 1.61. The average Bonchev–Trinajstić information content (AvgIpc) is 2.52.